The molecule has 1 rings (SSSR count). The first-order valence-electron chi connectivity index (χ1n) is 3.13. The van der Waals surface area contributed by atoms with Crippen LogP contribution >= 0.6 is 11.6 Å². The summed E-state index contributed by atoms with van der Waals surface area (Å²) in [6.45, 7) is 0. The standard InChI is InChI=1S/C8H4ClF2N/c9-3-5-1-7(10)8(11)2-6(5)4-12/h1-2H,3H2. The molecule has 0 atom stereocenters. The second-order valence-corrected chi connectivity index (χ2v) is 2.44. The van der Waals surface area contributed by atoms with Crippen LogP contribution < -0.4 is 0 Å². The van der Waals surface area contributed by atoms with Crippen LogP contribution in [0.3, 0.4) is 0 Å². The van der Waals surface area contributed by atoms with E-state index in [0.29, 0.717) is 5.56 Å². The van der Waals surface area contributed by atoms with Crippen LogP contribution in [-0.4, -0.2) is 0 Å². The summed E-state index contributed by atoms with van der Waals surface area (Å²) in [5.74, 6) is -2.01. The first kappa shape index (κ1) is 8.95. The highest BCUT2D eigenvalue weighted by Gasteiger charge is 2.07. The van der Waals surface area contributed by atoms with E-state index < -0.39 is 11.6 Å². The molecule has 0 fully saturated rings. The van der Waals surface area contributed by atoms with E-state index in [1.165, 1.54) is 0 Å². The topological polar surface area (TPSA) is 23.8 Å². The van der Waals surface area contributed by atoms with Gasteiger partial charge in [0.2, 0.25) is 0 Å². The molecule has 0 amide bonds. The molecule has 0 saturated heterocycles. The van der Waals surface area contributed by atoms with Gasteiger partial charge in [-0.1, -0.05) is 0 Å². The Balaban J connectivity index is 3.31. The van der Waals surface area contributed by atoms with Crippen molar-refractivity contribution in [1.29, 1.82) is 5.26 Å². The Bertz CT molecular complexity index is 344. The molecule has 0 saturated carbocycles. The summed E-state index contributed by atoms with van der Waals surface area (Å²) in [4.78, 5) is 0. The Morgan fingerprint density at radius 1 is 1.33 bits per heavy atom. The Morgan fingerprint density at radius 3 is 2.42 bits per heavy atom. The molecule has 1 nitrogen and oxygen atoms in total. The van der Waals surface area contributed by atoms with E-state index in [9.17, 15) is 8.78 Å². The number of halogens is 3. The minimum absolute atomic E-state index is 0.0000926. The van der Waals surface area contributed by atoms with E-state index in [1.807, 2.05) is 0 Å². The molecule has 1 aromatic rings. The number of rotatable bonds is 1. The molecule has 0 unspecified atom stereocenters. The van der Waals surface area contributed by atoms with Crippen molar-refractivity contribution in [2.24, 2.45) is 0 Å². The van der Waals surface area contributed by atoms with E-state index in [4.69, 9.17) is 16.9 Å². The first-order valence-corrected chi connectivity index (χ1v) is 3.66. The molecule has 62 valence electrons. The van der Waals surface area contributed by atoms with Gasteiger partial charge < -0.3 is 0 Å². The lowest BCUT2D eigenvalue weighted by Crippen LogP contribution is -1.92. The van der Waals surface area contributed by atoms with Crippen LogP contribution in [0.2, 0.25) is 0 Å². The van der Waals surface area contributed by atoms with Gasteiger partial charge in [-0.2, -0.15) is 5.26 Å². The predicted octanol–water partition coefficient (Wildman–Crippen LogP) is 2.58. The lowest BCUT2D eigenvalue weighted by molar-refractivity contribution is 0.507. The van der Waals surface area contributed by atoms with Crippen molar-refractivity contribution in [2.45, 2.75) is 5.88 Å². The largest absolute Gasteiger partial charge is 0.204 e. The van der Waals surface area contributed by atoms with E-state index in [-0.39, 0.29) is 11.4 Å². The summed E-state index contributed by atoms with van der Waals surface area (Å²) in [7, 11) is 0. The minimum atomic E-state index is -1.03. The third-order valence-corrected chi connectivity index (χ3v) is 1.70. The van der Waals surface area contributed by atoms with Crippen molar-refractivity contribution in [3.63, 3.8) is 0 Å². The van der Waals surface area contributed by atoms with Crippen molar-refractivity contribution in [2.75, 3.05) is 0 Å². The molecule has 0 radical (unpaired) electrons. The highest BCUT2D eigenvalue weighted by atomic mass is 35.5. The number of hydrogen-bond donors (Lipinski definition) is 0. The average Bonchev–Trinajstić information content (AvgIpc) is 2.09. The molecule has 0 aromatic heterocycles. The van der Waals surface area contributed by atoms with Gasteiger partial charge in [0, 0.05) is 5.88 Å². The van der Waals surface area contributed by atoms with Gasteiger partial charge in [0.25, 0.3) is 0 Å². The maximum atomic E-state index is 12.5. The maximum Gasteiger partial charge on any atom is 0.160 e. The number of hydrogen-bond acceptors (Lipinski definition) is 1. The normalized spacial score (nSPS) is 9.50. The Labute approximate surface area is 73.2 Å². The molecular formula is C8H4ClF2N. The molecule has 4 heteroatoms. The highest BCUT2D eigenvalue weighted by Crippen LogP contribution is 2.15. The monoisotopic (exact) mass is 187 g/mol. The molecular weight excluding hydrogens is 184 g/mol. The second kappa shape index (κ2) is 3.51. The molecule has 0 bridgehead atoms. The van der Waals surface area contributed by atoms with E-state index in [0.717, 1.165) is 12.1 Å². The lowest BCUT2D eigenvalue weighted by atomic mass is 10.1. The zero-order valence-corrected chi connectivity index (χ0v) is 6.70. The van der Waals surface area contributed by atoms with Gasteiger partial charge in [-0.15, -0.1) is 11.6 Å². The summed E-state index contributed by atoms with van der Waals surface area (Å²) in [6, 6.07) is 3.50. The average molecular weight is 188 g/mol. The smallest absolute Gasteiger partial charge is 0.160 e. The van der Waals surface area contributed by atoms with Crippen molar-refractivity contribution in [1.82, 2.24) is 0 Å². The van der Waals surface area contributed by atoms with Gasteiger partial charge in [0.05, 0.1) is 11.6 Å². The summed E-state index contributed by atoms with van der Waals surface area (Å²) in [5.41, 5.74) is 0.377. The Morgan fingerprint density at radius 2 is 1.92 bits per heavy atom. The fourth-order valence-electron chi connectivity index (χ4n) is 0.803. The zero-order valence-electron chi connectivity index (χ0n) is 5.94. The SMILES string of the molecule is N#Cc1cc(F)c(F)cc1CCl. The van der Waals surface area contributed by atoms with Gasteiger partial charge in [-0.05, 0) is 17.7 Å². The van der Waals surface area contributed by atoms with Gasteiger partial charge in [0.1, 0.15) is 0 Å². The third kappa shape index (κ3) is 1.54. The first-order chi connectivity index (χ1) is 5.69. The highest BCUT2D eigenvalue weighted by molar-refractivity contribution is 6.17. The van der Waals surface area contributed by atoms with Gasteiger partial charge in [-0.25, -0.2) is 8.78 Å². The summed E-state index contributed by atoms with van der Waals surface area (Å²) < 4.78 is 25.1. The summed E-state index contributed by atoms with van der Waals surface area (Å²) in [5, 5.41) is 8.47. The van der Waals surface area contributed by atoms with Crippen LogP contribution in [-0.2, 0) is 5.88 Å². The number of benzene rings is 1. The predicted molar refractivity (Wildman–Crippen MR) is 40.6 cm³/mol. The molecule has 12 heavy (non-hydrogen) atoms. The molecule has 0 spiro atoms. The number of alkyl halides is 1. The van der Waals surface area contributed by atoms with E-state index in [2.05, 4.69) is 0 Å². The van der Waals surface area contributed by atoms with Crippen LogP contribution in [0.5, 0.6) is 0 Å². The quantitative estimate of drug-likeness (QED) is 0.620. The lowest BCUT2D eigenvalue weighted by Gasteiger charge is -1.99. The molecule has 0 aliphatic carbocycles. The van der Waals surface area contributed by atoms with Crippen molar-refractivity contribution >= 4 is 11.6 Å². The fourth-order valence-corrected chi connectivity index (χ4v) is 1.02. The Kier molecular flexibility index (Phi) is 2.61. The minimum Gasteiger partial charge on any atom is -0.204 e. The molecule has 0 N–H and O–H groups in total. The number of nitriles is 1. The van der Waals surface area contributed by atoms with Crippen LogP contribution in [0.25, 0.3) is 0 Å². The van der Waals surface area contributed by atoms with Crippen LogP contribution in [0.15, 0.2) is 12.1 Å². The van der Waals surface area contributed by atoms with Crippen LogP contribution in [0.4, 0.5) is 8.78 Å². The van der Waals surface area contributed by atoms with Gasteiger partial charge in [0.15, 0.2) is 11.6 Å². The third-order valence-electron chi connectivity index (χ3n) is 1.41. The van der Waals surface area contributed by atoms with Crippen molar-refractivity contribution < 1.29 is 8.78 Å². The van der Waals surface area contributed by atoms with E-state index >= 15 is 0 Å². The van der Waals surface area contributed by atoms with Gasteiger partial charge in [-0.3, -0.25) is 0 Å². The molecule has 1 aromatic carbocycles. The van der Waals surface area contributed by atoms with Crippen LogP contribution in [0, 0.1) is 23.0 Å². The van der Waals surface area contributed by atoms with Crippen molar-refractivity contribution in [3.8, 4) is 6.07 Å². The maximum absolute atomic E-state index is 12.5. The molecule has 0 aliphatic rings. The second-order valence-electron chi connectivity index (χ2n) is 2.17. The van der Waals surface area contributed by atoms with Crippen molar-refractivity contribution in [3.05, 3.63) is 34.9 Å². The zero-order chi connectivity index (χ0) is 9.14. The Hall–Kier alpha value is -1.14. The van der Waals surface area contributed by atoms with E-state index in [1.54, 1.807) is 6.07 Å². The van der Waals surface area contributed by atoms with Gasteiger partial charge >= 0.3 is 0 Å². The summed E-state index contributed by atoms with van der Waals surface area (Å²) in [6.07, 6.45) is 0. The fraction of sp³-hybridized carbons (Fsp3) is 0.125. The summed E-state index contributed by atoms with van der Waals surface area (Å²) >= 11 is 5.39. The number of nitrogens with zero attached hydrogens (tertiary/aromatic N) is 1. The molecule has 0 aliphatic heterocycles. The van der Waals surface area contributed by atoms with Crippen LogP contribution in [0.1, 0.15) is 11.1 Å². The molecule has 0 heterocycles.